The number of cyclic esters (lactones) is 1. The molecule has 0 radical (unpaired) electrons. The lowest BCUT2D eigenvalue weighted by atomic mass is 9.75. The van der Waals surface area contributed by atoms with Gasteiger partial charge in [0.15, 0.2) is 0 Å². The van der Waals surface area contributed by atoms with E-state index in [4.69, 9.17) is 9.47 Å². The Kier molecular flexibility index (Phi) is 6.93. The number of nitrogens with zero attached hydrogens (tertiary/aromatic N) is 2. The molecule has 6 atom stereocenters. The molecule has 0 bridgehead atoms. The van der Waals surface area contributed by atoms with Crippen molar-refractivity contribution in [1.82, 2.24) is 9.80 Å². The van der Waals surface area contributed by atoms with Crippen LogP contribution < -0.4 is 0 Å². The minimum atomic E-state index is -1.29. The fraction of sp³-hybridized carbons (Fsp3) is 0.731. The molecule has 2 amide bonds. The molecular formula is C26H38N2O6. The Hall–Kier alpha value is -2.19. The zero-order valence-electron chi connectivity index (χ0n) is 20.7. The first-order valence-electron chi connectivity index (χ1n) is 12.6. The average Bonchev–Trinajstić information content (AvgIpc) is 3.05. The molecule has 8 nitrogen and oxygen atoms in total. The lowest BCUT2D eigenvalue weighted by Gasteiger charge is -2.40. The molecular weight excluding hydrogens is 436 g/mol. The Morgan fingerprint density at radius 1 is 1.12 bits per heavy atom. The molecule has 2 saturated heterocycles. The summed E-state index contributed by atoms with van der Waals surface area (Å²) < 4.78 is 12.1. The van der Waals surface area contributed by atoms with Crippen molar-refractivity contribution in [3.05, 3.63) is 24.3 Å². The number of hydrogen-bond acceptors (Lipinski definition) is 6. The number of unbranched alkanes of at least 4 members (excludes halogenated alkanes) is 2. The Morgan fingerprint density at radius 3 is 2.56 bits per heavy atom. The van der Waals surface area contributed by atoms with Crippen molar-refractivity contribution in [1.29, 1.82) is 0 Å². The summed E-state index contributed by atoms with van der Waals surface area (Å²) in [5.74, 6) is -2.55. The van der Waals surface area contributed by atoms with Gasteiger partial charge in [-0.05, 0) is 31.8 Å². The van der Waals surface area contributed by atoms with E-state index in [1.165, 1.54) is 4.90 Å². The van der Waals surface area contributed by atoms with Crippen molar-refractivity contribution in [2.45, 2.75) is 76.7 Å². The second-order valence-corrected chi connectivity index (χ2v) is 10.6. The fourth-order valence-corrected chi connectivity index (χ4v) is 6.31. The molecule has 8 heteroatoms. The molecule has 0 saturated carbocycles. The van der Waals surface area contributed by atoms with E-state index >= 15 is 0 Å². The number of likely N-dealkylation sites (tertiary alicyclic amines) is 1. The topological polar surface area (TPSA) is 96.4 Å². The van der Waals surface area contributed by atoms with Gasteiger partial charge in [-0.1, -0.05) is 51.8 Å². The second-order valence-electron chi connectivity index (χ2n) is 10.6. The number of carbonyl (C=O) groups excluding carboxylic acids is 3. The van der Waals surface area contributed by atoms with Gasteiger partial charge in [-0.15, -0.1) is 0 Å². The van der Waals surface area contributed by atoms with Gasteiger partial charge in [0.05, 0.1) is 24.2 Å². The van der Waals surface area contributed by atoms with Gasteiger partial charge in [-0.3, -0.25) is 14.4 Å². The number of amides is 2. The highest BCUT2D eigenvalue weighted by atomic mass is 16.6. The van der Waals surface area contributed by atoms with Gasteiger partial charge in [0, 0.05) is 13.1 Å². The van der Waals surface area contributed by atoms with Gasteiger partial charge in [0.2, 0.25) is 11.8 Å². The van der Waals surface area contributed by atoms with Crippen LogP contribution in [0.2, 0.25) is 0 Å². The summed E-state index contributed by atoms with van der Waals surface area (Å²) in [6, 6.07) is -1.48. The van der Waals surface area contributed by atoms with Gasteiger partial charge in [0.25, 0.3) is 0 Å². The summed E-state index contributed by atoms with van der Waals surface area (Å²) in [4.78, 5) is 44.6. The molecule has 0 aliphatic carbocycles. The summed E-state index contributed by atoms with van der Waals surface area (Å²) in [7, 11) is 0. The van der Waals surface area contributed by atoms with Crippen molar-refractivity contribution in [2.75, 3.05) is 26.3 Å². The number of esters is 1. The van der Waals surface area contributed by atoms with E-state index in [2.05, 4.69) is 6.92 Å². The largest absolute Gasteiger partial charge is 0.461 e. The van der Waals surface area contributed by atoms with Crippen LogP contribution in [0.3, 0.4) is 0 Å². The van der Waals surface area contributed by atoms with E-state index in [0.29, 0.717) is 19.5 Å². The summed E-state index contributed by atoms with van der Waals surface area (Å²) >= 11 is 0. The fourth-order valence-electron chi connectivity index (χ4n) is 6.31. The Balaban J connectivity index is 1.82. The normalized spacial score (nSPS) is 35.7. The Labute approximate surface area is 201 Å². The number of rotatable bonds is 8. The third-order valence-electron chi connectivity index (χ3n) is 7.71. The molecule has 2 fully saturated rings. The number of ether oxygens (including phenoxy) is 2. The predicted molar refractivity (Wildman–Crippen MR) is 126 cm³/mol. The van der Waals surface area contributed by atoms with Crippen LogP contribution in [0.25, 0.3) is 0 Å². The molecule has 0 aromatic heterocycles. The summed E-state index contributed by atoms with van der Waals surface area (Å²) in [5.41, 5.74) is -2.36. The monoisotopic (exact) mass is 474 g/mol. The van der Waals surface area contributed by atoms with Crippen LogP contribution in [-0.4, -0.2) is 82.3 Å². The maximum absolute atomic E-state index is 14.1. The van der Waals surface area contributed by atoms with E-state index in [0.717, 1.165) is 19.3 Å². The molecule has 1 spiro atoms. The van der Waals surface area contributed by atoms with E-state index in [9.17, 15) is 19.5 Å². The zero-order chi connectivity index (χ0) is 24.7. The SMILES string of the molecule is CCCCCN1CC=C[C@]23O[C@@]4(C)C=CCOC(=O)[C@H]4[C@H]2C(=O)N([C@@H](CO)CC(C)C)C3C1=O. The molecule has 4 aliphatic rings. The van der Waals surface area contributed by atoms with E-state index < -0.39 is 41.1 Å². The molecule has 4 heterocycles. The van der Waals surface area contributed by atoms with Crippen molar-refractivity contribution in [2.24, 2.45) is 17.8 Å². The van der Waals surface area contributed by atoms with Gasteiger partial charge in [-0.2, -0.15) is 0 Å². The standard InChI is InChI=1S/C26H38N2O6/c1-5-6-7-12-27-13-8-11-26-19(20-24(32)33-14-9-10-25(20,4)34-26)22(30)28(21(26)23(27)31)18(16-29)15-17(2)3/h8-11,17-21,29H,5-7,12-16H2,1-4H3/t18-,19+,20-,21?,25+,26+/m1/s1. The van der Waals surface area contributed by atoms with Gasteiger partial charge in [-0.25, -0.2) is 0 Å². The lowest BCUT2D eigenvalue weighted by Crippen LogP contribution is -2.59. The van der Waals surface area contributed by atoms with Crippen LogP contribution >= 0.6 is 0 Å². The third-order valence-corrected chi connectivity index (χ3v) is 7.71. The Morgan fingerprint density at radius 2 is 1.88 bits per heavy atom. The minimum absolute atomic E-state index is 0.127. The quantitative estimate of drug-likeness (QED) is 0.329. The highest BCUT2D eigenvalue weighted by molar-refractivity contribution is 5.99. The van der Waals surface area contributed by atoms with Crippen LogP contribution in [0.1, 0.15) is 53.4 Å². The number of fused-ring (bicyclic) bond motifs is 2. The Bertz CT molecular complexity index is 885. The molecule has 1 N–H and O–H groups in total. The lowest BCUT2D eigenvalue weighted by molar-refractivity contribution is -0.160. The summed E-state index contributed by atoms with van der Waals surface area (Å²) in [6.07, 6.45) is 10.7. The smallest absolute Gasteiger partial charge is 0.313 e. The molecule has 4 rings (SSSR count). The molecule has 34 heavy (non-hydrogen) atoms. The van der Waals surface area contributed by atoms with Crippen LogP contribution in [0.15, 0.2) is 24.3 Å². The minimum Gasteiger partial charge on any atom is -0.461 e. The molecule has 0 aromatic carbocycles. The van der Waals surface area contributed by atoms with Crippen LogP contribution in [0.5, 0.6) is 0 Å². The number of carbonyl (C=O) groups is 3. The maximum Gasteiger partial charge on any atom is 0.313 e. The van der Waals surface area contributed by atoms with Gasteiger partial charge in [0.1, 0.15) is 24.2 Å². The van der Waals surface area contributed by atoms with Crippen molar-refractivity contribution >= 4 is 17.8 Å². The molecule has 0 aromatic rings. The van der Waals surface area contributed by atoms with Crippen LogP contribution in [-0.2, 0) is 23.9 Å². The zero-order valence-corrected chi connectivity index (χ0v) is 20.7. The first-order valence-corrected chi connectivity index (χ1v) is 12.6. The van der Waals surface area contributed by atoms with Gasteiger partial charge >= 0.3 is 5.97 Å². The molecule has 1 unspecified atom stereocenters. The highest BCUT2D eigenvalue weighted by Crippen LogP contribution is 2.57. The number of hydrogen-bond donors (Lipinski definition) is 1. The van der Waals surface area contributed by atoms with Crippen LogP contribution in [0, 0.1) is 17.8 Å². The van der Waals surface area contributed by atoms with Crippen molar-refractivity contribution in [3.63, 3.8) is 0 Å². The van der Waals surface area contributed by atoms with Gasteiger partial charge < -0.3 is 24.4 Å². The third kappa shape index (κ3) is 3.88. The first kappa shape index (κ1) is 24.9. The summed E-state index contributed by atoms with van der Waals surface area (Å²) in [6.45, 7) is 8.83. The van der Waals surface area contributed by atoms with Crippen molar-refractivity contribution in [3.8, 4) is 0 Å². The van der Waals surface area contributed by atoms with E-state index in [1.807, 2.05) is 26.0 Å². The van der Waals surface area contributed by atoms with E-state index in [1.54, 1.807) is 24.0 Å². The maximum atomic E-state index is 14.1. The predicted octanol–water partition coefficient (Wildman–Crippen LogP) is 2.07. The summed E-state index contributed by atoms with van der Waals surface area (Å²) in [5, 5.41) is 10.3. The molecule has 188 valence electrons. The van der Waals surface area contributed by atoms with E-state index in [-0.39, 0.29) is 30.9 Å². The highest BCUT2D eigenvalue weighted by Gasteiger charge is 2.75. The number of aliphatic hydroxyl groups excluding tert-OH is 1. The molecule has 4 aliphatic heterocycles. The first-order chi connectivity index (χ1) is 16.2. The average molecular weight is 475 g/mol. The van der Waals surface area contributed by atoms with Crippen LogP contribution in [0.4, 0.5) is 0 Å². The second kappa shape index (κ2) is 9.46. The van der Waals surface area contributed by atoms with Crippen molar-refractivity contribution < 1.29 is 29.0 Å². The number of aliphatic hydroxyl groups is 1.